The average Bonchev–Trinajstić information content (AvgIpc) is 3.28. The highest BCUT2D eigenvalue weighted by molar-refractivity contribution is 6.22. The van der Waals surface area contributed by atoms with Gasteiger partial charge in [-0.3, -0.25) is 14.5 Å². The van der Waals surface area contributed by atoms with Crippen molar-refractivity contribution < 1.29 is 19.1 Å². The minimum absolute atomic E-state index is 0.147. The van der Waals surface area contributed by atoms with Gasteiger partial charge >= 0.3 is 5.97 Å². The van der Waals surface area contributed by atoms with Crippen LogP contribution in [0.25, 0.3) is 6.08 Å². The summed E-state index contributed by atoms with van der Waals surface area (Å²) in [6, 6.07) is 15.3. The van der Waals surface area contributed by atoms with E-state index in [4.69, 9.17) is 4.74 Å². The molecule has 0 N–H and O–H groups in total. The number of hydrogen-bond donors (Lipinski definition) is 0. The zero-order valence-corrected chi connectivity index (χ0v) is 25.0. The fourth-order valence-corrected chi connectivity index (χ4v) is 7.76. The van der Waals surface area contributed by atoms with Gasteiger partial charge in [0.05, 0.1) is 17.5 Å². The third-order valence-corrected chi connectivity index (χ3v) is 10.4. The van der Waals surface area contributed by atoms with Gasteiger partial charge in [0.1, 0.15) is 5.75 Å². The molecule has 3 aliphatic carbocycles. The fraction of sp³-hybridized carbons (Fsp3) is 0.486. The van der Waals surface area contributed by atoms with Crippen LogP contribution in [0.3, 0.4) is 0 Å². The van der Waals surface area contributed by atoms with Crippen molar-refractivity contribution in [3.05, 3.63) is 77.4 Å². The summed E-state index contributed by atoms with van der Waals surface area (Å²) in [4.78, 5) is 39.8. The summed E-state index contributed by atoms with van der Waals surface area (Å²) in [5, 5.41) is 0. The van der Waals surface area contributed by atoms with Crippen LogP contribution in [0.2, 0.25) is 0 Å². The quantitative estimate of drug-likeness (QED) is 0.116. The summed E-state index contributed by atoms with van der Waals surface area (Å²) < 4.78 is 5.59. The summed E-state index contributed by atoms with van der Waals surface area (Å²) in [6.07, 6.45) is 18.0. The molecule has 2 atom stereocenters. The van der Waals surface area contributed by atoms with Crippen LogP contribution in [0.5, 0.6) is 5.75 Å². The number of anilines is 1. The average molecular weight is 566 g/mol. The smallest absolute Gasteiger partial charge is 0.339 e. The van der Waals surface area contributed by atoms with E-state index in [1.807, 2.05) is 18.2 Å². The van der Waals surface area contributed by atoms with Crippen LogP contribution in [0, 0.1) is 29.6 Å². The predicted octanol–water partition coefficient (Wildman–Crippen LogP) is 8.25. The summed E-state index contributed by atoms with van der Waals surface area (Å²) in [5.74, 6) is 2.56. The van der Waals surface area contributed by atoms with Gasteiger partial charge in [-0.2, -0.15) is 0 Å². The van der Waals surface area contributed by atoms with Crippen molar-refractivity contribution in [1.29, 1.82) is 0 Å². The molecule has 0 aromatic heterocycles. The summed E-state index contributed by atoms with van der Waals surface area (Å²) in [6.45, 7) is 4.16. The zero-order valence-electron chi connectivity index (χ0n) is 25.0. The van der Waals surface area contributed by atoms with E-state index >= 15 is 0 Å². The van der Waals surface area contributed by atoms with Crippen molar-refractivity contribution in [2.75, 3.05) is 4.90 Å². The van der Waals surface area contributed by atoms with Crippen molar-refractivity contribution in [2.24, 2.45) is 29.6 Å². The first-order valence-corrected chi connectivity index (χ1v) is 16.0. The molecule has 6 rings (SSSR count). The Labute approximate surface area is 250 Å². The molecule has 2 amide bonds. The summed E-state index contributed by atoms with van der Waals surface area (Å²) in [5.41, 5.74) is 3.42. The Balaban J connectivity index is 1.01. The number of carbonyl (C=O) groups excluding carboxylic acids is 3. The molecule has 1 aliphatic heterocycles. The van der Waals surface area contributed by atoms with Crippen LogP contribution in [0.1, 0.15) is 95.1 Å². The van der Waals surface area contributed by atoms with Crippen LogP contribution in [0.15, 0.2) is 66.3 Å². The number of amides is 2. The van der Waals surface area contributed by atoms with E-state index in [1.54, 1.807) is 31.2 Å². The highest BCUT2D eigenvalue weighted by Gasteiger charge is 2.47. The highest BCUT2D eigenvalue weighted by Crippen LogP contribution is 2.44. The molecule has 2 saturated carbocycles. The van der Waals surface area contributed by atoms with E-state index < -0.39 is 5.97 Å². The van der Waals surface area contributed by atoms with Gasteiger partial charge in [0, 0.05) is 5.57 Å². The normalized spacial score (nSPS) is 29.9. The molecular formula is C37H43NO4. The summed E-state index contributed by atoms with van der Waals surface area (Å²) >= 11 is 0. The number of allylic oxidation sites excluding steroid dienone is 2. The topological polar surface area (TPSA) is 63.7 Å². The number of carbonyl (C=O) groups is 3. The zero-order chi connectivity index (χ0) is 29.2. The van der Waals surface area contributed by atoms with Crippen molar-refractivity contribution in [3.63, 3.8) is 0 Å². The van der Waals surface area contributed by atoms with E-state index in [2.05, 4.69) is 31.2 Å². The van der Waals surface area contributed by atoms with E-state index in [-0.39, 0.29) is 23.7 Å². The maximum Gasteiger partial charge on any atom is 0.339 e. The maximum absolute atomic E-state index is 12.8. The van der Waals surface area contributed by atoms with E-state index in [0.717, 1.165) is 23.3 Å². The molecule has 2 unspecified atom stereocenters. The van der Waals surface area contributed by atoms with Crippen LogP contribution in [0.4, 0.5) is 5.69 Å². The lowest BCUT2D eigenvalue weighted by Crippen LogP contribution is -2.30. The maximum atomic E-state index is 12.8. The molecule has 0 bridgehead atoms. The SMILES string of the molecule is C/C(=C\c1ccc(C2CCC(C3CCC(C)CC3)CC2)cc1)C(=O)Oc1ccc(N2C(=O)C3CC=CCC3C2=O)cc1. The van der Waals surface area contributed by atoms with Gasteiger partial charge in [0.2, 0.25) is 11.8 Å². The summed E-state index contributed by atoms with van der Waals surface area (Å²) in [7, 11) is 0. The second-order valence-electron chi connectivity index (χ2n) is 13.2. The third kappa shape index (κ3) is 6.02. The first-order chi connectivity index (χ1) is 20.4. The molecule has 5 heteroatoms. The molecule has 2 aromatic carbocycles. The van der Waals surface area contributed by atoms with Crippen LogP contribution in [-0.2, 0) is 14.4 Å². The minimum Gasteiger partial charge on any atom is -0.423 e. The van der Waals surface area contributed by atoms with Crippen molar-refractivity contribution in [3.8, 4) is 5.75 Å². The Morgan fingerprint density at radius 3 is 1.88 bits per heavy atom. The number of esters is 1. The number of hydrogen-bond acceptors (Lipinski definition) is 4. The number of nitrogens with zero attached hydrogens (tertiary/aromatic N) is 1. The van der Waals surface area contributed by atoms with Crippen LogP contribution in [-0.4, -0.2) is 17.8 Å². The molecule has 4 aliphatic rings. The van der Waals surface area contributed by atoms with Gasteiger partial charge in [0.25, 0.3) is 0 Å². The lowest BCUT2D eigenvalue weighted by molar-refractivity contribution is -0.130. The number of imide groups is 1. The molecule has 0 radical (unpaired) electrons. The Hall–Kier alpha value is -3.47. The lowest BCUT2D eigenvalue weighted by Gasteiger charge is -2.37. The third-order valence-electron chi connectivity index (χ3n) is 10.4. The van der Waals surface area contributed by atoms with Crippen molar-refractivity contribution in [2.45, 2.75) is 84.0 Å². The molecule has 1 heterocycles. The predicted molar refractivity (Wildman–Crippen MR) is 166 cm³/mol. The molecule has 220 valence electrons. The standard InChI is InChI=1S/C37H43NO4/c1-24-7-11-27(12-8-24)29-15-17-30(18-16-29)28-13-9-26(10-14-28)23-25(2)37(41)42-32-21-19-31(20-22-32)38-35(39)33-5-3-4-6-34(33)36(38)40/h3-4,9-10,13-14,19-24,27,29-30,33-34H,5-8,11-12,15-18H2,1-2H3/b25-23+. The van der Waals surface area contributed by atoms with Gasteiger partial charge in [-0.25, -0.2) is 4.79 Å². The van der Waals surface area contributed by atoms with Gasteiger partial charge in [-0.1, -0.05) is 56.2 Å². The Morgan fingerprint density at radius 1 is 0.762 bits per heavy atom. The molecule has 5 nitrogen and oxygen atoms in total. The number of rotatable bonds is 6. The molecule has 3 fully saturated rings. The van der Waals surface area contributed by atoms with Gasteiger partial charge in [0.15, 0.2) is 0 Å². The Morgan fingerprint density at radius 2 is 1.31 bits per heavy atom. The number of benzene rings is 2. The monoisotopic (exact) mass is 565 g/mol. The highest BCUT2D eigenvalue weighted by atomic mass is 16.5. The fourth-order valence-electron chi connectivity index (χ4n) is 7.76. The first-order valence-electron chi connectivity index (χ1n) is 16.0. The molecule has 42 heavy (non-hydrogen) atoms. The molecular weight excluding hydrogens is 522 g/mol. The lowest BCUT2D eigenvalue weighted by atomic mass is 9.68. The van der Waals surface area contributed by atoms with E-state index in [9.17, 15) is 14.4 Å². The van der Waals surface area contributed by atoms with Crippen LogP contribution < -0.4 is 9.64 Å². The van der Waals surface area contributed by atoms with E-state index in [0.29, 0.717) is 35.8 Å². The Kier molecular flexibility index (Phi) is 8.46. The molecule has 2 aromatic rings. The first kappa shape index (κ1) is 28.6. The Bertz CT molecular complexity index is 1330. The van der Waals surface area contributed by atoms with Crippen LogP contribution >= 0.6 is 0 Å². The molecule has 0 spiro atoms. The van der Waals surface area contributed by atoms with E-state index in [1.165, 1.54) is 61.8 Å². The second kappa shape index (κ2) is 12.4. The molecule has 1 saturated heterocycles. The van der Waals surface area contributed by atoms with Gasteiger partial charge < -0.3 is 4.74 Å². The van der Waals surface area contributed by atoms with Gasteiger partial charge in [-0.05, 0) is 123 Å². The van der Waals surface area contributed by atoms with Crippen molar-refractivity contribution in [1.82, 2.24) is 0 Å². The number of ether oxygens (including phenoxy) is 1. The second-order valence-corrected chi connectivity index (χ2v) is 13.2. The number of fused-ring (bicyclic) bond motifs is 1. The van der Waals surface area contributed by atoms with Gasteiger partial charge in [-0.15, -0.1) is 0 Å². The largest absolute Gasteiger partial charge is 0.423 e. The van der Waals surface area contributed by atoms with Crippen molar-refractivity contribution >= 4 is 29.5 Å². The minimum atomic E-state index is -0.423.